The lowest BCUT2D eigenvalue weighted by Crippen LogP contribution is -2.41. The van der Waals surface area contributed by atoms with Crippen LogP contribution in [0.15, 0.2) is 35.7 Å². The molecule has 1 fully saturated rings. The van der Waals surface area contributed by atoms with Crippen LogP contribution in [0, 0.1) is 0 Å². The van der Waals surface area contributed by atoms with Crippen LogP contribution in [0.4, 0.5) is 0 Å². The van der Waals surface area contributed by atoms with Gasteiger partial charge in [0.05, 0.1) is 16.6 Å². The predicted octanol–water partition coefficient (Wildman–Crippen LogP) is 3.13. The molecular weight excluding hydrogens is 320 g/mol. The van der Waals surface area contributed by atoms with Crippen LogP contribution in [0.2, 0.25) is 5.02 Å². The van der Waals surface area contributed by atoms with Crippen LogP contribution in [0.25, 0.3) is 0 Å². The van der Waals surface area contributed by atoms with Gasteiger partial charge >= 0.3 is 0 Å². The molecule has 1 aliphatic heterocycles. The zero-order valence-electron chi connectivity index (χ0n) is 12.3. The lowest BCUT2D eigenvalue weighted by Gasteiger charge is -2.32. The van der Waals surface area contributed by atoms with Crippen molar-refractivity contribution in [1.29, 1.82) is 0 Å². The second kappa shape index (κ2) is 6.71. The van der Waals surface area contributed by atoms with Crippen LogP contribution in [0.1, 0.15) is 29.2 Å². The molecule has 1 aromatic heterocycles. The third kappa shape index (κ3) is 3.13. The Balaban J connectivity index is 1.80. The Morgan fingerprint density at radius 3 is 3.05 bits per heavy atom. The van der Waals surface area contributed by atoms with Crippen molar-refractivity contribution in [2.75, 3.05) is 19.3 Å². The molecule has 0 N–H and O–H groups in total. The van der Waals surface area contributed by atoms with Crippen LogP contribution in [-0.4, -0.2) is 44.9 Å². The molecule has 1 atom stereocenters. The van der Waals surface area contributed by atoms with E-state index in [1.807, 2.05) is 28.0 Å². The molecule has 0 aliphatic carbocycles. The molecule has 0 spiro atoms. The molecule has 0 bridgehead atoms. The molecule has 2 aromatic rings. The number of halogens is 1. The summed E-state index contributed by atoms with van der Waals surface area (Å²) in [5.74, 6) is -0.00860. The van der Waals surface area contributed by atoms with Crippen LogP contribution in [0.5, 0.6) is 0 Å². The van der Waals surface area contributed by atoms with Gasteiger partial charge in [0.25, 0.3) is 5.91 Å². The van der Waals surface area contributed by atoms with Gasteiger partial charge in [-0.2, -0.15) is 5.10 Å². The monoisotopic (exact) mass is 336 g/mol. The fourth-order valence-corrected chi connectivity index (χ4v) is 3.36. The fraction of sp³-hybridized carbons (Fsp3) is 0.400. The molecule has 1 aromatic carbocycles. The lowest BCUT2D eigenvalue weighted by molar-refractivity contribution is 0.0672. The number of carbonyl (C=O) groups is 1. The number of likely N-dealkylation sites (tertiary alicyclic amines) is 1. The summed E-state index contributed by atoms with van der Waals surface area (Å²) in [5.41, 5.74) is 0.577. The Kier molecular flexibility index (Phi) is 4.69. The Morgan fingerprint density at radius 1 is 1.45 bits per heavy atom. The molecule has 0 radical (unpaired) electrons. The largest absolute Gasteiger partial charge is 0.336 e. The summed E-state index contributed by atoms with van der Waals surface area (Å²) in [6.07, 6.45) is 7.18. The minimum absolute atomic E-state index is 0.00860. The lowest BCUT2D eigenvalue weighted by atomic mass is 10.0. The van der Waals surface area contributed by atoms with Crippen LogP contribution in [-0.2, 0) is 0 Å². The number of rotatable bonds is 3. The highest BCUT2D eigenvalue weighted by molar-refractivity contribution is 7.98. The van der Waals surface area contributed by atoms with Gasteiger partial charge < -0.3 is 4.90 Å². The van der Waals surface area contributed by atoms with Crippen LogP contribution < -0.4 is 0 Å². The number of benzene rings is 1. The first kappa shape index (κ1) is 15.4. The van der Waals surface area contributed by atoms with E-state index in [9.17, 15) is 4.79 Å². The minimum atomic E-state index is -0.00860. The first-order valence-electron chi connectivity index (χ1n) is 7.16. The van der Waals surface area contributed by atoms with Gasteiger partial charge in [0.2, 0.25) is 0 Å². The molecule has 1 saturated heterocycles. The van der Waals surface area contributed by atoms with Crippen molar-refractivity contribution >= 4 is 29.3 Å². The van der Waals surface area contributed by atoms with Crippen molar-refractivity contribution in [3.8, 4) is 0 Å². The van der Waals surface area contributed by atoms with Crippen molar-refractivity contribution in [3.63, 3.8) is 0 Å². The summed E-state index contributed by atoms with van der Waals surface area (Å²) in [4.78, 5) is 19.7. The van der Waals surface area contributed by atoms with Crippen molar-refractivity contribution in [2.45, 2.75) is 23.8 Å². The van der Waals surface area contributed by atoms with E-state index < -0.39 is 0 Å². The average molecular weight is 337 g/mol. The van der Waals surface area contributed by atoms with E-state index in [4.69, 9.17) is 11.6 Å². The van der Waals surface area contributed by atoms with E-state index in [0.717, 1.165) is 24.3 Å². The van der Waals surface area contributed by atoms with Crippen molar-refractivity contribution in [1.82, 2.24) is 19.7 Å². The molecular formula is C15H17ClN4OS. The first-order chi connectivity index (χ1) is 10.7. The molecule has 2 heterocycles. The normalized spacial score (nSPS) is 18.5. The maximum atomic E-state index is 12.8. The van der Waals surface area contributed by atoms with E-state index in [2.05, 4.69) is 10.1 Å². The Hall–Kier alpha value is -1.53. The van der Waals surface area contributed by atoms with Gasteiger partial charge in [-0.3, -0.25) is 4.79 Å². The van der Waals surface area contributed by atoms with E-state index in [1.54, 1.807) is 24.2 Å². The molecule has 0 unspecified atom stereocenters. The molecule has 1 amide bonds. The van der Waals surface area contributed by atoms with Gasteiger partial charge in [0.1, 0.15) is 12.7 Å². The number of piperidine rings is 1. The van der Waals surface area contributed by atoms with E-state index >= 15 is 0 Å². The van der Waals surface area contributed by atoms with E-state index in [1.165, 1.54) is 6.33 Å². The summed E-state index contributed by atoms with van der Waals surface area (Å²) < 4.78 is 1.83. The minimum Gasteiger partial charge on any atom is -0.336 e. The summed E-state index contributed by atoms with van der Waals surface area (Å²) >= 11 is 7.82. The second-order valence-corrected chi connectivity index (χ2v) is 6.56. The molecule has 3 rings (SSSR count). The third-order valence-corrected chi connectivity index (χ3v) is 4.95. The summed E-state index contributed by atoms with van der Waals surface area (Å²) in [5, 5.41) is 4.69. The van der Waals surface area contributed by atoms with Crippen LogP contribution in [0.3, 0.4) is 0 Å². The number of thioether (sulfide) groups is 1. The zero-order chi connectivity index (χ0) is 15.5. The number of hydrogen-bond donors (Lipinski definition) is 0. The standard InChI is InChI=1S/C15H17ClN4OS/c1-22-12-4-5-14(16)13(7-12)15(21)19-6-2-3-11(8-19)20-10-17-9-18-20/h4-5,7,9-11H,2-3,6,8H2,1H3/t11-/m1/s1. The van der Waals surface area contributed by atoms with E-state index in [-0.39, 0.29) is 11.9 Å². The number of aromatic nitrogens is 3. The highest BCUT2D eigenvalue weighted by Crippen LogP contribution is 2.27. The maximum Gasteiger partial charge on any atom is 0.255 e. The summed E-state index contributed by atoms with van der Waals surface area (Å²) in [6.45, 7) is 1.39. The number of carbonyl (C=O) groups excluding carboxylic acids is 1. The Bertz CT molecular complexity index is 662. The van der Waals surface area contributed by atoms with Crippen molar-refractivity contribution in [2.24, 2.45) is 0 Å². The van der Waals surface area contributed by atoms with Gasteiger partial charge in [-0.25, -0.2) is 9.67 Å². The number of amides is 1. The topological polar surface area (TPSA) is 51.0 Å². The van der Waals surface area contributed by atoms with Gasteiger partial charge in [-0.05, 0) is 37.3 Å². The van der Waals surface area contributed by atoms with Gasteiger partial charge in [-0.15, -0.1) is 11.8 Å². The third-order valence-electron chi connectivity index (χ3n) is 3.90. The van der Waals surface area contributed by atoms with Crippen molar-refractivity contribution in [3.05, 3.63) is 41.4 Å². The second-order valence-electron chi connectivity index (χ2n) is 5.27. The predicted molar refractivity (Wildman–Crippen MR) is 87.4 cm³/mol. The van der Waals surface area contributed by atoms with Gasteiger partial charge in [0.15, 0.2) is 0 Å². The highest BCUT2D eigenvalue weighted by atomic mass is 35.5. The Labute approximate surface area is 138 Å². The highest BCUT2D eigenvalue weighted by Gasteiger charge is 2.27. The smallest absolute Gasteiger partial charge is 0.255 e. The van der Waals surface area contributed by atoms with Gasteiger partial charge in [-0.1, -0.05) is 11.6 Å². The fourth-order valence-electron chi connectivity index (χ4n) is 2.73. The molecule has 22 heavy (non-hydrogen) atoms. The molecule has 0 saturated carbocycles. The van der Waals surface area contributed by atoms with E-state index in [0.29, 0.717) is 17.1 Å². The summed E-state index contributed by atoms with van der Waals surface area (Å²) in [6, 6.07) is 5.77. The summed E-state index contributed by atoms with van der Waals surface area (Å²) in [7, 11) is 0. The molecule has 7 heteroatoms. The molecule has 5 nitrogen and oxygen atoms in total. The molecule has 116 valence electrons. The Morgan fingerprint density at radius 2 is 2.32 bits per heavy atom. The number of hydrogen-bond acceptors (Lipinski definition) is 4. The average Bonchev–Trinajstić information content (AvgIpc) is 3.09. The number of nitrogens with zero attached hydrogens (tertiary/aromatic N) is 4. The first-order valence-corrected chi connectivity index (χ1v) is 8.76. The SMILES string of the molecule is CSc1ccc(Cl)c(C(=O)N2CCC[C@@H](n3cncn3)C2)c1. The van der Waals surface area contributed by atoms with Crippen molar-refractivity contribution < 1.29 is 4.79 Å². The van der Waals surface area contributed by atoms with Gasteiger partial charge in [0, 0.05) is 18.0 Å². The maximum absolute atomic E-state index is 12.8. The molecule has 1 aliphatic rings. The van der Waals surface area contributed by atoms with Crippen LogP contribution >= 0.6 is 23.4 Å². The zero-order valence-corrected chi connectivity index (χ0v) is 13.8. The quantitative estimate of drug-likeness (QED) is 0.808.